The van der Waals surface area contributed by atoms with Crippen molar-refractivity contribution in [1.82, 2.24) is 5.48 Å². The minimum atomic E-state index is -0.137. The van der Waals surface area contributed by atoms with Gasteiger partial charge in [0, 0.05) is 12.5 Å². The number of unbranched alkanes of at least 4 members (excludes halogenated alkanes) is 6. The van der Waals surface area contributed by atoms with E-state index in [0.29, 0.717) is 6.42 Å². The summed E-state index contributed by atoms with van der Waals surface area (Å²) < 4.78 is 0. The van der Waals surface area contributed by atoms with E-state index in [4.69, 9.17) is 4.84 Å². The van der Waals surface area contributed by atoms with Crippen LogP contribution in [0.2, 0.25) is 0 Å². The number of hydrogen-bond acceptors (Lipinski definition) is 3. The highest BCUT2D eigenvalue weighted by molar-refractivity contribution is 5.68. The second kappa shape index (κ2) is 10.9. The molecule has 0 saturated heterocycles. The van der Waals surface area contributed by atoms with E-state index < -0.39 is 0 Å². The predicted molar refractivity (Wildman–Crippen MR) is 67.0 cm³/mol. The molecule has 0 amide bonds. The molecule has 3 heteroatoms. The van der Waals surface area contributed by atoms with Gasteiger partial charge in [0.15, 0.2) is 0 Å². The minimum Gasteiger partial charge on any atom is -0.370 e. The molecule has 96 valence electrons. The van der Waals surface area contributed by atoms with Crippen LogP contribution in [0.15, 0.2) is 0 Å². The summed E-state index contributed by atoms with van der Waals surface area (Å²) >= 11 is 0. The first kappa shape index (κ1) is 15.4. The van der Waals surface area contributed by atoms with Crippen molar-refractivity contribution in [3.05, 3.63) is 0 Å². The van der Waals surface area contributed by atoms with Gasteiger partial charge in [-0.2, -0.15) is 5.48 Å². The Bertz CT molecular complexity index is 169. The Morgan fingerprint density at radius 3 is 2.19 bits per heavy atom. The zero-order valence-electron chi connectivity index (χ0n) is 11.1. The van der Waals surface area contributed by atoms with Crippen LogP contribution in [0.5, 0.6) is 0 Å². The van der Waals surface area contributed by atoms with Crippen LogP contribution in [0.25, 0.3) is 0 Å². The largest absolute Gasteiger partial charge is 0.370 e. The SMILES string of the molecule is CCCCCCCCCC(=O)ONC(C)C. The summed E-state index contributed by atoms with van der Waals surface area (Å²) in [7, 11) is 0. The molecule has 3 nitrogen and oxygen atoms in total. The lowest BCUT2D eigenvalue weighted by molar-refractivity contribution is -0.152. The Morgan fingerprint density at radius 2 is 1.62 bits per heavy atom. The van der Waals surface area contributed by atoms with E-state index >= 15 is 0 Å². The first-order valence-electron chi connectivity index (χ1n) is 6.62. The molecule has 0 aromatic heterocycles. The lowest BCUT2D eigenvalue weighted by atomic mass is 10.1. The third-order valence-electron chi connectivity index (χ3n) is 2.39. The molecule has 0 fully saturated rings. The van der Waals surface area contributed by atoms with E-state index in [-0.39, 0.29) is 12.0 Å². The summed E-state index contributed by atoms with van der Waals surface area (Å²) in [6.45, 7) is 6.11. The van der Waals surface area contributed by atoms with Crippen LogP contribution in [0.3, 0.4) is 0 Å². The zero-order valence-corrected chi connectivity index (χ0v) is 11.1. The van der Waals surface area contributed by atoms with Gasteiger partial charge in [-0.25, -0.2) is 0 Å². The maximum absolute atomic E-state index is 11.2. The number of rotatable bonds is 10. The molecule has 0 spiro atoms. The van der Waals surface area contributed by atoms with Crippen LogP contribution < -0.4 is 5.48 Å². The third kappa shape index (κ3) is 11.5. The van der Waals surface area contributed by atoms with Crippen LogP contribution in [-0.2, 0) is 9.63 Å². The summed E-state index contributed by atoms with van der Waals surface area (Å²) in [5, 5.41) is 0. The van der Waals surface area contributed by atoms with Gasteiger partial charge in [-0.1, -0.05) is 45.4 Å². The number of hydroxylamine groups is 1. The fraction of sp³-hybridized carbons (Fsp3) is 0.923. The van der Waals surface area contributed by atoms with Crippen molar-refractivity contribution in [2.24, 2.45) is 0 Å². The smallest absolute Gasteiger partial charge is 0.324 e. The van der Waals surface area contributed by atoms with Gasteiger partial charge in [0.1, 0.15) is 0 Å². The molecule has 0 aliphatic heterocycles. The molecule has 0 rings (SSSR count). The van der Waals surface area contributed by atoms with Crippen molar-refractivity contribution >= 4 is 5.97 Å². The number of carbonyl (C=O) groups is 1. The molecule has 0 aliphatic carbocycles. The molecule has 0 aliphatic rings. The first-order valence-corrected chi connectivity index (χ1v) is 6.62. The van der Waals surface area contributed by atoms with Crippen molar-refractivity contribution in [2.75, 3.05) is 0 Å². The molecule has 0 saturated carbocycles. The standard InChI is InChI=1S/C13H27NO2/c1-4-5-6-7-8-9-10-11-13(15)16-14-12(2)3/h12,14H,4-11H2,1-3H3. The fourth-order valence-electron chi connectivity index (χ4n) is 1.46. The van der Waals surface area contributed by atoms with Gasteiger partial charge in [0.05, 0.1) is 0 Å². The monoisotopic (exact) mass is 229 g/mol. The first-order chi connectivity index (χ1) is 7.66. The molecule has 0 radical (unpaired) electrons. The van der Waals surface area contributed by atoms with E-state index in [1.54, 1.807) is 0 Å². The molecule has 0 heterocycles. The van der Waals surface area contributed by atoms with Gasteiger partial charge in [-0.05, 0) is 20.3 Å². The highest BCUT2D eigenvalue weighted by atomic mass is 16.7. The highest BCUT2D eigenvalue weighted by Gasteiger charge is 2.03. The summed E-state index contributed by atoms with van der Waals surface area (Å²) in [6, 6.07) is 0.193. The van der Waals surface area contributed by atoms with Gasteiger partial charge in [0.2, 0.25) is 0 Å². The maximum atomic E-state index is 11.2. The van der Waals surface area contributed by atoms with Crippen molar-refractivity contribution < 1.29 is 9.63 Å². The Balaban J connectivity index is 3.15. The van der Waals surface area contributed by atoms with E-state index in [2.05, 4.69) is 12.4 Å². The summed E-state index contributed by atoms with van der Waals surface area (Å²) in [5.74, 6) is -0.137. The Kier molecular flexibility index (Phi) is 10.5. The van der Waals surface area contributed by atoms with Crippen molar-refractivity contribution in [1.29, 1.82) is 0 Å². The van der Waals surface area contributed by atoms with Gasteiger partial charge in [0.25, 0.3) is 0 Å². The zero-order chi connectivity index (χ0) is 12.2. The average molecular weight is 229 g/mol. The molecule has 1 N–H and O–H groups in total. The average Bonchev–Trinajstić information content (AvgIpc) is 2.25. The normalized spacial score (nSPS) is 10.8. The quantitative estimate of drug-likeness (QED) is 0.459. The second-order valence-electron chi connectivity index (χ2n) is 4.62. The minimum absolute atomic E-state index is 0.137. The van der Waals surface area contributed by atoms with Crippen molar-refractivity contribution in [3.8, 4) is 0 Å². The molecular formula is C13H27NO2. The Labute approximate surface area is 99.9 Å². The lowest BCUT2D eigenvalue weighted by Crippen LogP contribution is -2.26. The Morgan fingerprint density at radius 1 is 1.06 bits per heavy atom. The van der Waals surface area contributed by atoms with Gasteiger partial charge < -0.3 is 4.84 Å². The number of carbonyl (C=O) groups excluding carboxylic acids is 1. The molecular weight excluding hydrogens is 202 g/mol. The van der Waals surface area contributed by atoms with Crippen LogP contribution in [-0.4, -0.2) is 12.0 Å². The van der Waals surface area contributed by atoms with Gasteiger partial charge in [-0.15, -0.1) is 0 Å². The van der Waals surface area contributed by atoms with Crippen LogP contribution in [0, 0.1) is 0 Å². The van der Waals surface area contributed by atoms with Crippen molar-refractivity contribution in [3.63, 3.8) is 0 Å². The molecule has 0 aromatic rings. The number of nitrogens with one attached hydrogen (secondary N) is 1. The Hall–Kier alpha value is -0.570. The molecule has 0 atom stereocenters. The topological polar surface area (TPSA) is 38.3 Å². The van der Waals surface area contributed by atoms with E-state index in [1.807, 2.05) is 13.8 Å². The highest BCUT2D eigenvalue weighted by Crippen LogP contribution is 2.08. The van der Waals surface area contributed by atoms with Crippen molar-refractivity contribution in [2.45, 2.75) is 78.2 Å². The summed E-state index contributed by atoms with van der Waals surface area (Å²) in [4.78, 5) is 16.1. The maximum Gasteiger partial charge on any atom is 0.324 e. The van der Waals surface area contributed by atoms with E-state index in [1.165, 1.54) is 32.1 Å². The fourth-order valence-corrected chi connectivity index (χ4v) is 1.46. The van der Waals surface area contributed by atoms with E-state index in [9.17, 15) is 4.79 Å². The van der Waals surface area contributed by atoms with Gasteiger partial charge in [-0.3, -0.25) is 4.79 Å². The molecule has 16 heavy (non-hydrogen) atoms. The predicted octanol–water partition coefficient (Wildman–Crippen LogP) is 3.58. The van der Waals surface area contributed by atoms with Crippen LogP contribution in [0.4, 0.5) is 0 Å². The molecule has 0 aromatic carbocycles. The van der Waals surface area contributed by atoms with Crippen LogP contribution >= 0.6 is 0 Å². The van der Waals surface area contributed by atoms with Gasteiger partial charge >= 0.3 is 5.97 Å². The van der Waals surface area contributed by atoms with E-state index in [0.717, 1.165) is 12.8 Å². The summed E-state index contributed by atoms with van der Waals surface area (Å²) in [5.41, 5.74) is 2.66. The van der Waals surface area contributed by atoms with Crippen LogP contribution in [0.1, 0.15) is 72.1 Å². The third-order valence-corrected chi connectivity index (χ3v) is 2.39. The second-order valence-corrected chi connectivity index (χ2v) is 4.62. The lowest BCUT2D eigenvalue weighted by Gasteiger charge is -2.07. The number of hydrogen-bond donors (Lipinski definition) is 1. The molecule has 0 unspecified atom stereocenters. The molecule has 0 bridgehead atoms. The summed E-state index contributed by atoms with van der Waals surface area (Å²) in [6.07, 6.45) is 9.11.